The monoisotopic (exact) mass is 391 g/mol. The number of methoxy groups -OCH3 is 1. The molecular weight excluding hydrogens is 370 g/mol. The number of aryl methyl sites for hydroxylation is 1. The Bertz CT molecular complexity index is 901. The Hall–Kier alpha value is -2.10. The molecular formula is C19H22ClN3O2S. The van der Waals surface area contributed by atoms with Crippen LogP contribution in [0.2, 0.25) is 5.02 Å². The van der Waals surface area contributed by atoms with Crippen molar-refractivity contribution in [3.05, 3.63) is 45.2 Å². The molecule has 0 aliphatic carbocycles. The van der Waals surface area contributed by atoms with Gasteiger partial charge in [-0.25, -0.2) is 0 Å². The number of carbonyl (C=O) groups is 1. The van der Waals surface area contributed by atoms with Crippen LogP contribution in [-0.2, 0) is 12.0 Å². The van der Waals surface area contributed by atoms with E-state index >= 15 is 0 Å². The molecule has 0 unspecified atom stereocenters. The van der Waals surface area contributed by atoms with Crippen molar-refractivity contribution < 1.29 is 9.53 Å². The third-order valence-corrected chi connectivity index (χ3v) is 5.33. The van der Waals surface area contributed by atoms with Crippen molar-refractivity contribution >= 4 is 29.0 Å². The number of halogens is 1. The Morgan fingerprint density at radius 1 is 1.42 bits per heavy atom. The maximum atomic E-state index is 12.7. The van der Waals surface area contributed by atoms with Crippen LogP contribution in [0.5, 0.6) is 5.75 Å². The van der Waals surface area contributed by atoms with Crippen LogP contribution >= 0.6 is 23.1 Å². The van der Waals surface area contributed by atoms with E-state index in [0.717, 1.165) is 12.0 Å². The Morgan fingerprint density at radius 2 is 2.15 bits per heavy atom. The van der Waals surface area contributed by atoms with Crippen LogP contribution < -0.4 is 9.41 Å². The van der Waals surface area contributed by atoms with Gasteiger partial charge in [-0.05, 0) is 63.3 Å². The van der Waals surface area contributed by atoms with E-state index in [1.165, 1.54) is 18.6 Å². The fourth-order valence-corrected chi connectivity index (χ4v) is 3.53. The van der Waals surface area contributed by atoms with Crippen molar-refractivity contribution in [2.45, 2.75) is 45.6 Å². The second-order valence-electron chi connectivity index (χ2n) is 6.82. The number of ether oxygens (including phenoxy) is 1. The molecule has 0 spiro atoms. The molecule has 0 fully saturated rings. The lowest BCUT2D eigenvalue weighted by atomic mass is 10.1. The van der Waals surface area contributed by atoms with Gasteiger partial charge in [-0.1, -0.05) is 11.6 Å². The van der Waals surface area contributed by atoms with E-state index in [-0.39, 0.29) is 5.54 Å². The number of benzene rings is 1. The maximum Gasteiger partial charge on any atom is 0.282 e. The van der Waals surface area contributed by atoms with E-state index in [1.807, 2.05) is 6.20 Å². The first-order chi connectivity index (χ1) is 12.3. The molecule has 0 radical (unpaired) electrons. The highest BCUT2D eigenvalue weighted by Crippen LogP contribution is 2.24. The molecule has 26 heavy (non-hydrogen) atoms. The number of carbonyl (C=O) groups excluding carboxylic acids is 1. The van der Waals surface area contributed by atoms with Gasteiger partial charge in [0.25, 0.3) is 5.91 Å². The Morgan fingerprint density at radius 3 is 2.77 bits per heavy atom. The predicted octanol–water partition coefficient (Wildman–Crippen LogP) is 4.55. The average molecular weight is 392 g/mol. The second kappa shape index (κ2) is 8.52. The zero-order valence-electron chi connectivity index (χ0n) is 15.4. The Balaban J connectivity index is 2.48. The fourth-order valence-electron chi connectivity index (χ4n) is 2.33. The van der Waals surface area contributed by atoms with Crippen LogP contribution in [0.25, 0.3) is 0 Å². The van der Waals surface area contributed by atoms with E-state index in [9.17, 15) is 4.79 Å². The van der Waals surface area contributed by atoms with Gasteiger partial charge < -0.3 is 4.74 Å². The lowest BCUT2D eigenvalue weighted by Crippen LogP contribution is -2.18. The van der Waals surface area contributed by atoms with Crippen molar-refractivity contribution in [1.82, 2.24) is 3.96 Å². The average Bonchev–Trinajstić information content (AvgIpc) is 2.98. The van der Waals surface area contributed by atoms with Gasteiger partial charge in [0.1, 0.15) is 10.4 Å². The van der Waals surface area contributed by atoms with E-state index in [1.54, 1.807) is 18.2 Å². The van der Waals surface area contributed by atoms with Crippen LogP contribution in [0.3, 0.4) is 0 Å². The fraction of sp³-hybridized carbons (Fsp3) is 0.421. The highest BCUT2D eigenvalue weighted by molar-refractivity contribution is 7.04. The number of nitriles is 1. The first kappa shape index (κ1) is 20.2. The van der Waals surface area contributed by atoms with Crippen molar-refractivity contribution in [1.29, 1.82) is 5.26 Å². The van der Waals surface area contributed by atoms with Gasteiger partial charge in [0.05, 0.1) is 18.7 Å². The van der Waals surface area contributed by atoms with Crippen LogP contribution in [0.1, 0.15) is 49.5 Å². The molecule has 0 saturated heterocycles. The minimum Gasteiger partial charge on any atom is -0.496 e. The van der Waals surface area contributed by atoms with Crippen molar-refractivity contribution in [3.8, 4) is 11.8 Å². The molecule has 0 N–H and O–H groups in total. The van der Waals surface area contributed by atoms with Gasteiger partial charge in [-0.2, -0.15) is 10.3 Å². The minimum atomic E-state index is -0.395. The van der Waals surface area contributed by atoms with Gasteiger partial charge in [0, 0.05) is 28.7 Å². The number of aromatic nitrogens is 1. The predicted molar refractivity (Wildman–Crippen MR) is 104 cm³/mol. The Labute approximate surface area is 162 Å². The number of nitrogens with zero attached hydrogens (tertiary/aromatic N) is 3. The summed E-state index contributed by atoms with van der Waals surface area (Å²) in [7, 11) is 1.51. The quantitative estimate of drug-likeness (QED) is 0.702. The highest BCUT2D eigenvalue weighted by atomic mass is 35.5. The van der Waals surface area contributed by atoms with Crippen molar-refractivity contribution in [2.75, 3.05) is 7.11 Å². The van der Waals surface area contributed by atoms with E-state index in [4.69, 9.17) is 21.6 Å². The van der Waals surface area contributed by atoms with Gasteiger partial charge >= 0.3 is 0 Å². The number of amides is 1. The van der Waals surface area contributed by atoms with E-state index in [2.05, 4.69) is 35.8 Å². The smallest absolute Gasteiger partial charge is 0.282 e. The molecule has 138 valence electrons. The molecule has 0 bridgehead atoms. The SMILES string of the molecule is COc1ccc(Cl)cc1C(=O)/N=c1\sn(C(C)(C)C)cc1CCCC#N. The summed E-state index contributed by atoms with van der Waals surface area (Å²) >= 11 is 7.46. The number of rotatable bonds is 5. The lowest BCUT2D eigenvalue weighted by Gasteiger charge is -2.19. The first-order valence-corrected chi connectivity index (χ1v) is 9.43. The van der Waals surface area contributed by atoms with Crippen LogP contribution in [0.15, 0.2) is 29.4 Å². The molecule has 1 aromatic heterocycles. The maximum absolute atomic E-state index is 12.7. The topological polar surface area (TPSA) is 67.4 Å². The van der Waals surface area contributed by atoms with Gasteiger partial charge in [0.15, 0.2) is 0 Å². The zero-order chi connectivity index (χ0) is 19.3. The summed E-state index contributed by atoms with van der Waals surface area (Å²) in [6.45, 7) is 6.27. The zero-order valence-corrected chi connectivity index (χ0v) is 16.9. The lowest BCUT2D eigenvalue weighted by molar-refractivity contribution is 0.0996. The molecule has 7 heteroatoms. The molecule has 0 aliphatic rings. The summed E-state index contributed by atoms with van der Waals surface area (Å²) in [6, 6.07) is 7.04. The number of hydrogen-bond acceptors (Lipinski definition) is 4. The normalized spacial score (nSPS) is 12.1. The van der Waals surface area contributed by atoms with Gasteiger partial charge in [-0.3, -0.25) is 8.75 Å². The third kappa shape index (κ3) is 4.96. The molecule has 2 rings (SSSR count). The molecule has 0 atom stereocenters. The van der Waals surface area contributed by atoms with Gasteiger partial charge in [0.2, 0.25) is 0 Å². The van der Waals surface area contributed by atoms with Crippen LogP contribution in [0, 0.1) is 11.3 Å². The summed E-state index contributed by atoms with van der Waals surface area (Å²) in [5.74, 6) is 0.0447. The molecule has 5 nitrogen and oxygen atoms in total. The number of hydrogen-bond donors (Lipinski definition) is 0. The molecule has 0 saturated carbocycles. The molecule has 2 aromatic rings. The minimum absolute atomic E-state index is 0.112. The summed E-state index contributed by atoms with van der Waals surface area (Å²) in [4.78, 5) is 17.1. The summed E-state index contributed by atoms with van der Waals surface area (Å²) in [5, 5.41) is 9.22. The second-order valence-corrected chi connectivity index (χ2v) is 8.22. The summed E-state index contributed by atoms with van der Waals surface area (Å²) in [5.41, 5.74) is 1.19. The van der Waals surface area contributed by atoms with Crippen LogP contribution in [0.4, 0.5) is 0 Å². The van der Waals surface area contributed by atoms with Crippen molar-refractivity contribution in [2.24, 2.45) is 4.99 Å². The summed E-state index contributed by atoms with van der Waals surface area (Å²) in [6.07, 6.45) is 3.92. The van der Waals surface area contributed by atoms with E-state index in [0.29, 0.717) is 33.8 Å². The molecule has 1 amide bonds. The third-order valence-electron chi connectivity index (χ3n) is 3.72. The highest BCUT2D eigenvalue weighted by Gasteiger charge is 2.17. The largest absolute Gasteiger partial charge is 0.496 e. The molecule has 1 aromatic carbocycles. The molecule has 1 heterocycles. The standard InChI is InChI=1S/C19H22ClN3O2S/c1-19(2,3)23-12-13(7-5-6-10-21)18(26-23)22-17(24)15-11-14(20)8-9-16(15)25-4/h8-9,11-12H,5-7H2,1-4H3/b22-18-. The molecule has 0 aliphatic heterocycles. The number of unbranched alkanes of at least 4 members (excludes halogenated alkanes) is 1. The van der Waals surface area contributed by atoms with Crippen LogP contribution in [-0.4, -0.2) is 17.0 Å². The summed E-state index contributed by atoms with van der Waals surface area (Å²) < 4.78 is 7.99. The first-order valence-electron chi connectivity index (χ1n) is 8.28. The van der Waals surface area contributed by atoms with Gasteiger partial charge in [-0.15, -0.1) is 0 Å². The van der Waals surface area contributed by atoms with E-state index < -0.39 is 5.91 Å². The van der Waals surface area contributed by atoms with Crippen molar-refractivity contribution in [3.63, 3.8) is 0 Å². The Kier molecular flexibility index (Phi) is 6.63.